The molecule has 6 nitrogen and oxygen atoms in total. The maximum atomic E-state index is 12.3. The Morgan fingerprint density at radius 1 is 1.52 bits per heavy atom. The number of nitrogens with one attached hydrogen (secondary N) is 1. The van der Waals surface area contributed by atoms with Crippen LogP contribution in [0.25, 0.3) is 11.4 Å². The number of benzene rings is 1. The van der Waals surface area contributed by atoms with Gasteiger partial charge >= 0.3 is 0 Å². The standard InChI is InChI=1S/C15H15BrN4O2S/c1-17-15(23-2)19-14(21)11-8-20-5-6-22-12-7-9(16)3-4-10(12)13(20)18-11/h3-4,7-8H,5-6H2,1-2H3,(H,17,19,21). The van der Waals surface area contributed by atoms with E-state index in [1.54, 1.807) is 13.2 Å². The summed E-state index contributed by atoms with van der Waals surface area (Å²) in [4.78, 5) is 20.8. The normalized spacial score (nSPS) is 13.6. The number of aliphatic imine (C=N–C) groups is 1. The molecule has 1 aliphatic rings. The lowest BCUT2D eigenvalue weighted by Gasteiger charge is -2.06. The van der Waals surface area contributed by atoms with Crippen molar-refractivity contribution in [2.75, 3.05) is 19.9 Å². The van der Waals surface area contributed by atoms with Gasteiger partial charge in [0.15, 0.2) is 5.17 Å². The van der Waals surface area contributed by atoms with Gasteiger partial charge in [0.1, 0.15) is 23.9 Å². The Hall–Kier alpha value is -1.80. The highest BCUT2D eigenvalue weighted by atomic mass is 79.9. The van der Waals surface area contributed by atoms with Gasteiger partial charge in [0.05, 0.1) is 12.1 Å². The molecule has 1 aromatic heterocycles. The van der Waals surface area contributed by atoms with Crippen molar-refractivity contribution < 1.29 is 9.53 Å². The fraction of sp³-hybridized carbons (Fsp3) is 0.267. The molecule has 0 radical (unpaired) electrons. The number of fused-ring (bicyclic) bond motifs is 3. The van der Waals surface area contributed by atoms with E-state index >= 15 is 0 Å². The monoisotopic (exact) mass is 394 g/mol. The quantitative estimate of drug-likeness (QED) is 0.594. The first kappa shape index (κ1) is 16.1. The third-order valence-electron chi connectivity index (χ3n) is 3.38. The first-order valence-electron chi connectivity index (χ1n) is 6.97. The zero-order valence-corrected chi connectivity index (χ0v) is 15.1. The number of rotatable bonds is 1. The van der Waals surface area contributed by atoms with Crippen LogP contribution >= 0.6 is 27.7 Å². The van der Waals surface area contributed by atoms with Crippen LogP contribution in [0.2, 0.25) is 0 Å². The van der Waals surface area contributed by atoms with Crippen molar-refractivity contribution in [3.05, 3.63) is 34.6 Å². The Kier molecular flexibility index (Phi) is 4.72. The van der Waals surface area contributed by atoms with Gasteiger partial charge in [-0.05, 0) is 24.5 Å². The van der Waals surface area contributed by atoms with Crippen LogP contribution in [0.5, 0.6) is 5.75 Å². The van der Waals surface area contributed by atoms with Crippen molar-refractivity contribution in [2.45, 2.75) is 6.54 Å². The summed E-state index contributed by atoms with van der Waals surface area (Å²) < 4.78 is 8.62. The lowest BCUT2D eigenvalue weighted by molar-refractivity contribution is 0.0998. The van der Waals surface area contributed by atoms with Crippen LogP contribution in [0.3, 0.4) is 0 Å². The molecule has 2 heterocycles. The lowest BCUT2D eigenvalue weighted by Crippen LogP contribution is -2.16. The van der Waals surface area contributed by atoms with E-state index in [9.17, 15) is 4.79 Å². The number of imidazole rings is 1. The Bertz CT molecular complexity index is 782. The summed E-state index contributed by atoms with van der Waals surface area (Å²) >= 11 is 4.82. The molecule has 0 fully saturated rings. The number of ether oxygens (including phenoxy) is 1. The molecule has 1 aromatic carbocycles. The van der Waals surface area contributed by atoms with E-state index in [1.165, 1.54) is 11.8 Å². The van der Waals surface area contributed by atoms with Gasteiger partial charge in [0, 0.05) is 17.7 Å². The second kappa shape index (κ2) is 6.76. The van der Waals surface area contributed by atoms with Gasteiger partial charge in [-0.25, -0.2) is 4.98 Å². The van der Waals surface area contributed by atoms with Crippen LogP contribution in [-0.4, -0.2) is 40.5 Å². The summed E-state index contributed by atoms with van der Waals surface area (Å²) in [6, 6.07) is 5.77. The van der Waals surface area contributed by atoms with Crippen LogP contribution in [0.1, 0.15) is 10.5 Å². The number of amidine groups is 1. The minimum atomic E-state index is -0.358. The molecule has 0 saturated carbocycles. The first-order valence-corrected chi connectivity index (χ1v) is 8.99. The molecule has 0 saturated heterocycles. The summed E-state index contributed by atoms with van der Waals surface area (Å²) in [5.74, 6) is 1.12. The van der Waals surface area contributed by atoms with E-state index in [0.717, 1.165) is 21.6 Å². The molecule has 120 valence electrons. The van der Waals surface area contributed by atoms with Gasteiger partial charge in [-0.2, -0.15) is 4.99 Å². The topological polar surface area (TPSA) is 68.5 Å². The van der Waals surface area contributed by atoms with Crippen LogP contribution in [-0.2, 0) is 6.54 Å². The second-order valence-corrected chi connectivity index (χ2v) is 6.52. The van der Waals surface area contributed by atoms with E-state index in [-0.39, 0.29) is 5.91 Å². The smallest absolute Gasteiger partial charge is 0.299 e. The zero-order valence-electron chi connectivity index (χ0n) is 12.7. The number of carbonyl (C=O) groups excluding carboxylic acids is 1. The average Bonchev–Trinajstić information content (AvgIpc) is 2.89. The number of hydrogen-bond acceptors (Lipinski definition) is 4. The van der Waals surface area contributed by atoms with E-state index < -0.39 is 0 Å². The summed E-state index contributed by atoms with van der Waals surface area (Å²) in [7, 11) is 1.73. The zero-order chi connectivity index (χ0) is 16.4. The third kappa shape index (κ3) is 3.28. The van der Waals surface area contributed by atoms with Gasteiger partial charge in [-0.3, -0.25) is 4.79 Å². The molecule has 1 N–H and O–H groups in total. The highest BCUT2D eigenvalue weighted by molar-refractivity contribution is 9.10. The fourth-order valence-electron chi connectivity index (χ4n) is 2.31. The third-order valence-corrected chi connectivity index (χ3v) is 4.56. The predicted molar refractivity (Wildman–Crippen MR) is 95.2 cm³/mol. The Morgan fingerprint density at radius 2 is 2.35 bits per heavy atom. The summed E-state index contributed by atoms with van der Waals surface area (Å²) in [6.07, 6.45) is 3.59. The van der Waals surface area contributed by atoms with E-state index in [4.69, 9.17) is 4.74 Å². The minimum Gasteiger partial charge on any atom is -0.491 e. The first-order chi connectivity index (χ1) is 11.1. The number of aromatic nitrogens is 2. The minimum absolute atomic E-state index is 0.331. The number of carbonyl (C=O) groups is 1. The van der Waals surface area contributed by atoms with Crippen LogP contribution in [0.15, 0.2) is 33.9 Å². The molecular formula is C15H15BrN4O2S. The molecule has 2 aromatic rings. The van der Waals surface area contributed by atoms with Crippen LogP contribution < -0.4 is 10.1 Å². The van der Waals surface area contributed by atoms with E-state index in [1.807, 2.05) is 29.0 Å². The number of halogens is 1. The fourth-order valence-corrected chi connectivity index (χ4v) is 3.03. The molecule has 8 heteroatoms. The van der Waals surface area contributed by atoms with Gasteiger partial charge in [-0.1, -0.05) is 27.7 Å². The molecule has 1 aliphatic heterocycles. The van der Waals surface area contributed by atoms with Crippen molar-refractivity contribution >= 4 is 38.8 Å². The molecule has 1 amide bonds. The van der Waals surface area contributed by atoms with Crippen molar-refractivity contribution in [3.8, 4) is 17.1 Å². The molecular weight excluding hydrogens is 380 g/mol. The number of nitrogens with zero attached hydrogens (tertiary/aromatic N) is 3. The maximum absolute atomic E-state index is 12.3. The predicted octanol–water partition coefficient (Wildman–Crippen LogP) is 2.78. The van der Waals surface area contributed by atoms with Crippen molar-refractivity contribution in [1.82, 2.24) is 14.9 Å². The summed E-state index contributed by atoms with van der Waals surface area (Å²) in [5.41, 5.74) is 1.20. The van der Waals surface area contributed by atoms with Crippen molar-refractivity contribution in [3.63, 3.8) is 0 Å². The largest absolute Gasteiger partial charge is 0.491 e. The highest BCUT2D eigenvalue weighted by Crippen LogP contribution is 2.34. The number of hydrogen-bond donors (Lipinski definition) is 1. The van der Waals surface area contributed by atoms with Crippen molar-refractivity contribution in [2.24, 2.45) is 4.99 Å². The maximum Gasteiger partial charge on any atom is 0.299 e. The molecule has 0 atom stereocenters. The number of amides is 1. The lowest BCUT2D eigenvalue weighted by atomic mass is 10.2. The van der Waals surface area contributed by atoms with Gasteiger partial charge in [-0.15, -0.1) is 0 Å². The molecule has 0 unspecified atom stereocenters. The SMILES string of the molecule is CN/C(=N/C(=O)c1cn2c(n1)-c1ccc(Br)cc1OCC2)SC. The summed E-state index contributed by atoms with van der Waals surface area (Å²) in [5, 5.41) is 3.44. The number of thioether (sulfide) groups is 1. The van der Waals surface area contributed by atoms with Gasteiger partial charge in [0.25, 0.3) is 5.91 Å². The second-order valence-electron chi connectivity index (χ2n) is 4.81. The van der Waals surface area contributed by atoms with Crippen LogP contribution in [0.4, 0.5) is 0 Å². The molecule has 0 aliphatic carbocycles. The van der Waals surface area contributed by atoms with E-state index in [0.29, 0.717) is 24.0 Å². The molecule has 0 bridgehead atoms. The Balaban J connectivity index is 2.02. The van der Waals surface area contributed by atoms with Gasteiger partial charge in [0.2, 0.25) is 0 Å². The van der Waals surface area contributed by atoms with Crippen LogP contribution in [0, 0.1) is 0 Å². The van der Waals surface area contributed by atoms with Gasteiger partial charge < -0.3 is 14.6 Å². The van der Waals surface area contributed by atoms with Crippen molar-refractivity contribution in [1.29, 1.82) is 0 Å². The molecule has 0 spiro atoms. The molecule has 23 heavy (non-hydrogen) atoms. The Labute approximate surface area is 146 Å². The summed E-state index contributed by atoms with van der Waals surface area (Å²) in [6.45, 7) is 1.16. The Morgan fingerprint density at radius 3 is 3.09 bits per heavy atom. The highest BCUT2D eigenvalue weighted by Gasteiger charge is 2.21. The van der Waals surface area contributed by atoms with E-state index in [2.05, 4.69) is 31.2 Å². The molecule has 3 rings (SSSR count). The average molecular weight is 395 g/mol.